The second kappa shape index (κ2) is 5.72. The number of nitro benzene ring substituents is 1. The molecule has 2 rings (SSSR count). The maximum Gasteiger partial charge on any atom is 0.418 e. The van der Waals surface area contributed by atoms with E-state index in [1.165, 1.54) is 11.3 Å². The van der Waals surface area contributed by atoms with Crippen LogP contribution in [0, 0.1) is 17.0 Å². The number of thiophene rings is 1. The Morgan fingerprint density at radius 2 is 2.05 bits per heavy atom. The van der Waals surface area contributed by atoms with Crippen molar-refractivity contribution in [1.82, 2.24) is 0 Å². The number of halogens is 3. The number of non-ortho nitro benzene ring substituents is 1. The molecule has 0 amide bonds. The zero-order valence-electron chi connectivity index (χ0n) is 10.9. The molecule has 0 aliphatic rings. The molecule has 1 N–H and O–H groups in total. The van der Waals surface area contributed by atoms with Gasteiger partial charge in [0.25, 0.3) is 5.69 Å². The number of rotatable bonds is 4. The molecule has 0 radical (unpaired) electrons. The topological polar surface area (TPSA) is 55.2 Å². The number of anilines is 1. The van der Waals surface area contributed by atoms with Gasteiger partial charge >= 0.3 is 6.18 Å². The Morgan fingerprint density at radius 1 is 1.33 bits per heavy atom. The number of aryl methyl sites for hydroxylation is 1. The van der Waals surface area contributed by atoms with Gasteiger partial charge in [-0.05, 0) is 30.0 Å². The normalized spacial score (nSPS) is 11.4. The van der Waals surface area contributed by atoms with E-state index >= 15 is 0 Å². The summed E-state index contributed by atoms with van der Waals surface area (Å²) < 4.78 is 38.9. The molecular formula is C13H11F3N2O2S. The summed E-state index contributed by atoms with van der Waals surface area (Å²) in [6.07, 6.45) is -4.65. The second-order valence-corrected chi connectivity index (χ2v) is 5.37. The number of nitro groups is 1. The summed E-state index contributed by atoms with van der Waals surface area (Å²) in [4.78, 5) is 10.7. The third-order valence-corrected chi connectivity index (χ3v) is 3.95. The van der Waals surface area contributed by atoms with E-state index in [9.17, 15) is 23.3 Å². The smallest absolute Gasteiger partial charge is 0.380 e. The average molecular weight is 316 g/mol. The van der Waals surface area contributed by atoms with Crippen LogP contribution in [0.15, 0.2) is 29.6 Å². The van der Waals surface area contributed by atoms with Crippen LogP contribution in [0.4, 0.5) is 24.5 Å². The maximum absolute atomic E-state index is 13.0. The number of nitrogens with zero attached hydrogens (tertiary/aromatic N) is 1. The summed E-state index contributed by atoms with van der Waals surface area (Å²) in [5.74, 6) is 0. The van der Waals surface area contributed by atoms with Gasteiger partial charge < -0.3 is 5.32 Å². The summed E-state index contributed by atoms with van der Waals surface area (Å²) in [7, 11) is 0. The van der Waals surface area contributed by atoms with Gasteiger partial charge in [0.15, 0.2) is 0 Å². The zero-order chi connectivity index (χ0) is 15.6. The van der Waals surface area contributed by atoms with Crippen molar-refractivity contribution < 1.29 is 18.1 Å². The second-order valence-electron chi connectivity index (χ2n) is 4.37. The standard InChI is InChI=1S/C13H11F3N2O2S/c1-8-4-5-21-12(8)7-17-11-3-2-9(18(19)20)6-10(11)13(14,15)16/h2-6,17H,7H2,1H3. The molecule has 21 heavy (non-hydrogen) atoms. The van der Waals surface area contributed by atoms with Crippen LogP contribution in [0.1, 0.15) is 16.0 Å². The van der Waals surface area contributed by atoms with E-state index in [4.69, 9.17) is 0 Å². The highest BCUT2D eigenvalue weighted by molar-refractivity contribution is 7.10. The van der Waals surface area contributed by atoms with Crippen molar-refractivity contribution in [1.29, 1.82) is 0 Å². The lowest BCUT2D eigenvalue weighted by molar-refractivity contribution is -0.385. The molecule has 0 unspecified atom stereocenters. The van der Waals surface area contributed by atoms with Gasteiger partial charge in [-0.2, -0.15) is 13.2 Å². The monoisotopic (exact) mass is 316 g/mol. The molecule has 1 heterocycles. The molecule has 0 saturated heterocycles. The van der Waals surface area contributed by atoms with Gasteiger partial charge in [0.1, 0.15) is 0 Å². The van der Waals surface area contributed by atoms with Crippen molar-refractivity contribution in [2.24, 2.45) is 0 Å². The molecule has 1 aromatic heterocycles. The fourth-order valence-corrected chi connectivity index (χ4v) is 2.64. The van der Waals surface area contributed by atoms with E-state index in [1.54, 1.807) is 0 Å². The molecule has 0 aliphatic carbocycles. The first kappa shape index (κ1) is 15.3. The van der Waals surface area contributed by atoms with Crippen molar-refractivity contribution in [3.05, 3.63) is 55.8 Å². The first-order valence-electron chi connectivity index (χ1n) is 5.91. The van der Waals surface area contributed by atoms with E-state index in [-0.39, 0.29) is 12.2 Å². The Kier molecular flexibility index (Phi) is 4.17. The summed E-state index contributed by atoms with van der Waals surface area (Å²) in [6, 6.07) is 4.56. The zero-order valence-corrected chi connectivity index (χ0v) is 11.7. The number of alkyl halides is 3. The van der Waals surface area contributed by atoms with Crippen molar-refractivity contribution >= 4 is 22.7 Å². The SMILES string of the molecule is Cc1ccsc1CNc1ccc([N+](=O)[O-])cc1C(F)(F)F. The minimum atomic E-state index is -4.65. The third kappa shape index (κ3) is 3.52. The molecule has 0 spiro atoms. The highest BCUT2D eigenvalue weighted by atomic mass is 32.1. The molecule has 2 aromatic rings. The molecule has 1 aromatic carbocycles. The van der Waals surface area contributed by atoms with Crippen LogP contribution in [0.5, 0.6) is 0 Å². The van der Waals surface area contributed by atoms with Crippen molar-refractivity contribution in [2.75, 3.05) is 5.32 Å². The van der Waals surface area contributed by atoms with Crippen molar-refractivity contribution in [3.63, 3.8) is 0 Å². The quantitative estimate of drug-likeness (QED) is 0.662. The van der Waals surface area contributed by atoms with E-state index in [1.807, 2.05) is 18.4 Å². The van der Waals surface area contributed by atoms with Crippen LogP contribution in [0.2, 0.25) is 0 Å². The van der Waals surface area contributed by atoms with E-state index in [2.05, 4.69) is 5.32 Å². The Hall–Kier alpha value is -2.09. The molecular weight excluding hydrogens is 305 g/mol. The minimum Gasteiger partial charge on any atom is -0.380 e. The van der Waals surface area contributed by atoms with Crippen LogP contribution in [0.3, 0.4) is 0 Å². The lowest BCUT2D eigenvalue weighted by atomic mass is 10.1. The van der Waals surface area contributed by atoms with Crippen molar-refractivity contribution in [3.8, 4) is 0 Å². The summed E-state index contributed by atoms with van der Waals surface area (Å²) in [5, 5.41) is 15.2. The number of hydrogen-bond acceptors (Lipinski definition) is 4. The first-order chi connectivity index (χ1) is 9.79. The van der Waals surface area contributed by atoms with E-state index in [0.29, 0.717) is 6.07 Å². The van der Waals surface area contributed by atoms with Crippen molar-refractivity contribution in [2.45, 2.75) is 19.6 Å². The van der Waals surface area contributed by atoms with Crippen LogP contribution < -0.4 is 5.32 Å². The summed E-state index contributed by atoms with van der Waals surface area (Å²) >= 11 is 1.44. The van der Waals surface area contributed by atoms with Crippen LogP contribution >= 0.6 is 11.3 Å². The molecule has 0 atom stereocenters. The predicted molar refractivity (Wildman–Crippen MR) is 74.5 cm³/mol. The maximum atomic E-state index is 13.0. The Bertz CT molecular complexity index is 668. The largest absolute Gasteiger partial charge is 0.418 e. The van der Waals surface area contributed by atoms with Crippen LogP contribution in [0.25, 0.3) is 0 Å². The third-order valence-electron chi connectivity index (χ3n) is 2.93. The Balaban J connectivity index is 2.30. The lowest BCUT2D eigenvalue weighted by Crippen LogP contribution is -2.11. The van der Waals surface area contributed by atoms with Gasteiger partial charge in [0.2, 0.25) is 0 Å². The fourth-order valence-electron chi connectivity index (χ4n) is 1.80. The summed E-state index contributed by atoms with van der Waals surface area (Å²) in [5.41, 5.74) is -0.796. The molecule has 4 nitrogen and oxygen atoms in total. The van der Waals surface area contributed by atoms with Gasteiger partial charge in [-0.25, -0.2) is 0 Å². The van der Waals surface area contributed by atoms with Crippen LogP contribution in [-0.2, 0) is 12.7 Å². The number of hydrogen-bond donors (Lipinski definition) is 1. The lowest BCUT2D eigenvalue weighted by Gasteiger charge is -2.14. The summed E-state index contributed by atoms with van der Waals surface area (Å²) in [6.45, 7) is 2.11. The van der Waals surface area contributed by atoms with Crippen LogP contribution in [-0.4, -0.2) is 4.92 Å². The fraction of sp³-hybridized carbons (Fsp3) is 0.231. The molecule has 0 fully saturated rings. The van der Waals surface area contributed by atoms with E-state index in [0.717, 1.165) is 22.6 Å². The first-order valence-corrected chi connectivity index (χ1v) is 6.79. The number of benzene rings is 1. The minimum absolute atomic E-state index is 0.166. The Morgan fingerprint density at radius 3 is 2.57 bits per heavy atom. The van der Waals surface area contributed by atoms with Gasteiger partial charge in [-0.3, -0.25) is 10.1 Å². The van der Waals surface area contributed by atoms with Gasteiger partial charge in [0, 0.05) is 29.2 Å². The van der Waals surface area contributed by atoms with Gasteiger partial charge in [-0.1, -0.05) is 0 Å². The number of nitrogens with one attached hydrogen (secondary N) is 1. The molecule has 0 saturated carbocycles. The van der Waals surface area contributed by atoms with Gasteiger partial charge in [-0.15, -0.1) is 11.3 Å². The Labute approximate surface area is 122 Å². The predicted octanol–water partition coefficient (Wildman–Crippen LogP) is 4.60. The van der Waals surface area contributed by atoms with Gasteiger partial charge in [0.05, 0.1) is 10.5 Å². The highest BCUT2D eigenvalue weighted by Crippen LogP contribution is 2.37. The van der Waals surface area contributed by atoms with E-state index < -0.39 is 22.4 Å². The molecule has 0 bridgehead atoms. The molecule has 0 aliphatic heterocycles. The molecule has 8 heteroatoms. The average Bonchev–Trinajstić information content (AvgIpc) is 2.80. The highest BCUT2D eigenvalue weighted by Gasteiger charge is 2.35. The molecule has 112 valence electrons.